The van der Waals surface area contributed by atoms with E-state index in [0.717, 1.165) is 5.56 Å². The number of hydrogen-bond acceptors (Lipinski definition) is 2. The molecule has 0 fully saturated rings. The van der Waals surface area contributed by atoms with Gasteiger partial charge in [-0.05, 0) is 18.6 Å². The molecule has 0 spiro atoms. The van der Waals surface area contributed by atoms with Crippen LogP contribution < -0.4 is 5.73 Å². The van der Waals surface area contributed by atoms with Gasteiger partial charge in [0.2, 0.25) is 0 Å². The monoisotopic (exact) mass is 213 g/mol. The molecule has 1 aromatic rings. The van der Waals surface area contributed by atoms with Gasteiger partial charge in [0.05, 0.1) is 0 Å². The lowest BCUT2D eigenvalue weighted by molar-refractivity contribution is -0.142. The molecule has 0 aliphatic carbocycles. The van der Waals surface area contributed by atoms with Crippen molar-refractivity contribution >= 4 is 17.6 Å². The summed E-state index contributed by atoms with van der Waals surface area (Å²) in [5.41, 5.74) is 5.08. The molecule has 0 saturated carbocycles. The second-order valence-corrected chi connectivity index (χ2v) is 3.90. The number of hydrogen-bond donors (Lipinski definition) is 2. The molecule has 0 saturated heterocycles. The van der Waals surface area contributed by atoms with E-state index >= 15 is 0 Å². The number of carboxylic acid groups (broad SMARTS) is 1. The van der Waals surface area contributed by atoms with Crippen LogP contribution in [-0.4, -0.2) is 16.6 Å². The van der Waals surface area contributed by atoms with Gasteiger partial charge in [-0.2, -0.15) is 0 Å². The Balaban J connectivity index is 2.89. The van der Waals surface area contributed by atoms with E-state index in [2.05, 4.69) is 0 Å². The van der Waals surface area contributed by atoms with Crippen LogP contribution in [0, 0.1) is 0 Å². The molecule has 4 heteroatoms. The summed E-state index contributed by atoms with van der Waals surface area (Å²) >= 11 is 5.89. The van der Waals surface area contributed by atoms with Gasteiger partial charge < -0.3 is 10.8 Å². The van der Waals surface area contributed by atoms with Crippen molar-refractivity contribution in [2.45, 2.75) is 18.9 Å². The van der Waals surface area contributed by atoms with E-state index in [-0.39, 0.29) is 6.42 Å². The first kappa shape index (κ1) is 11.0. The van der Waals surface area contributed by atoms with Crippen LogP contribution >= 0.6 is 11.6 Å². The van der Waals surface area contributed by atoms with Crippen molar-refractivity contribution < 1.29 is 9.90 Å². The van der Waals surface area contributed by atoms with E-state index < -0.39 is 11.5 Å². The quantitative estimate of drug-likeness (QED) is 0.803. The molecule has 0 aromatic heterocycles. The molecule has 0 aliphatic rings. The summed E-state index contributed by atoms with van der Waals surface area (Å²) in [7, 11) is 0. The Morgan fingerprint density at radius 3 is 2.64 bits per heavy atom. The Bertz CT molecular complexity index is 350. The van der Waals surface area contributed by atoms with E-state index in [0.29, 0.717) is 5.02 Å². The number of carboxylic acids is 1. The molecule has 14 heavy (non-hydrogen) atoms. The molecule has 1 aromatic carbocycles. The highest BCUT2D eigenvalue weighted by Crippen LogP contribution is 2.19. The third-order valence-corrected chi connectivity index (χ3v) is 2.37. The van der Waals surface area contributed by atoms with Crippen molar-refractivity contribution in [2.24, 2.45) is 5.73 Å². The second-order valence-electron chi connectivity index (χ2n) is 3.49. The van der Waals surface area contributed by atoms with E-state index in [9.17, 15) is 4.79 Å². The van der Waals surface area contributed by atoms with Gasteiger partial charge in [0, 0.05) is 11.4 Å². The van der Waals surface area contributed by atoms with Crippen molar-refractivity contribution in [1.29, 1.82) is 0 Å². The summed E-state index contributed by atoms with van der Waals surface area (Å²) in [5, 5.41) is 9.37. The fourth-order valence-electron chi connectivity index (χ4n) is 1.11. The summed E-state index contributed by atoms with van der Waals surface area (Å²) in [6, 6.07) is 7.09. The van der Waals surface area contributed by atoms with Crippen molar-refractivity contribution in [3.05, 3.63) is 34.9 Å². The lowest BCUT2D eigenvalue weighted by Gasteiger charge is -2.19. The standard InChI is InChI=1S/C10H12ClNO2/c1-10(12,9(13)14)6-7-4-2-3-5-8(7)11/h2-5H,6,12H2,1H3,(H,13,14)/t10-/m0/s1. The third kappa shape index (κ3) is 2.47. The molecule has 0 bridgehead atoms. The molecule has 3 nitrogen and oxygen atoms in total. The smallest absolute Gasteiger partial charge is 0.323 e. The van der Waals surface area contributed by atoms with Gasteiger partial charge in [0.1, 0.15) is 5.54 Å². The lowest BCUT2D eigenvalue weighted by Crippen LogP contribution is -2.46. The zero-order valence-electron chi connectivity index (χ0n) is 7.83. The first-order valence-electron chi connectivity index (χ1n) is 4.19. The molecule has 0 radical (unpaired) electrons. The fourth-order valence-corrected chi connectivity index (χ4v) is 1.32. The minimum atomic E-state index is -1.27. The summed E-state index contributed by atoms with van der Waals surface area (Å²) in [6.45, 7) is 1.47. The van der Waals surface area contributed by atoms with Gasteiger partial charge >= 0.3 is 5.97 Å². The average molecular weight is 214 g/mol. The van der Waals surface area contributed by atoms with E-state index in [1.54, 1.807) is 24.3 Å². The Labute approximate surface area is 87.5 Å². The average Bonchev–Trinajstić information content (AvgIpc) is 2.08. The van der Waals surface area contributed by atoms with E-state index in [1.807, 2.05) is 0 Å². The minimum absolute atomic E-state index is 0.224. The minimum Gasteiger partial charge on any atom is -0.480 e. The molecule has 0 amide bonds. The molecule has 0 aliphatic heterocycles. The molecule has 76 valence electrons. The maximum absolute atomic E-state index is 10.8. The highest BCUT2D eigenvalue weighted by atomic mass is 35.5. The molecule has 3 N–H and O–H groups in total. The van der Waals surface area contributed by atoms with Crippen LogP contribution in [0.5, 0.6) is 0 Å². The van der Waals surface area contributed by atoms with Crippen LogP contribution in [0.25, 0.3) is 0 Å². The maximum atomic E-state index is 10.8. The summed E-state index contributed by atoms with van der Waals surface area (Å²) < 4.78 is 0. The van der Waals surface area contributed by atoms with Crippen LogP contribution in [0.4, 0.5) is 0 Å². The van der Waals surface area contributed by atoms with E-state index in [1.165, 1.54) is 6.92 Å². The maximum Gasteiger partial charge on any atom is 0.323 e. The first-order chi connectivity index (χ1) is 6.43. The Morgan fingerprint density at radius 2 is 2.14 bits per heavy atom. The molecule has 1 atom stereocenters. The number of carbonyl (C=O) groups is 1. The zero-order valence-corrected chi connectivity index (χ0v) is 8.58. The first-order valence-corrected chi connectivity index (χ1v) is 4.57. The van der Waals surface area contributed by atoms with Crippen LogP contribution in [0.3, 0.4) is 0 Å². The predicted molar refractivity (Wildman–Crippen MR) is 55.4 cm³/mol. The normalized spacial score (nSPS) is 14.8. The second kappa shape index (κ2) is 3.98. The van der Waals surface area contributed by atoms with Crippen molar-refractivity contribution in [2.75, 3.05) is 0 Å². The largest absolute Gasteiger partial charge is 0.480 e. The van der Waals surface area contributed by atoms with Gasteiger partial charge in [-0.3, -0.25) is 4.79 Å². The Kier molecular flexibility index (Phi) is 3.13. The number of rotatable bonds is 3. The van der Waals surface area contributed by atoms with Gasteiger partial charge in [0.15, 0.2) is 0 Å². The third-order valence-electron chi connectivity index (χ3n) is 2.00. The molecule has 0 unspecified atom stereocenters. The number of benzene rings is 1. The molecular weight excluding hydrogens is 202 g/mol. The Morgan fingerprint density at radius 1 is 1.57 bits per heavy atom. The van der Waals surface area contributed by atoms with Crippen LogP contribution in [0.2, 0.25) is 5.02 Å². The number of nitrogens with two attached hydrogens (primary N) is 1. The SMILES string of the molecule is C[C@](N)(Cc1ccccc1Cl)C(=O)O. The van der Waals surface area contributed by atoms with Crippen LogP contribution in [-0.2, 0) is 11.2 Å². The van der Waals surface area contributed by atoms with Crippen molar-refractivity contribution in [3.8, 4) is 0 Å². The van der Waals surface area contributed by atoms with Gasteiger partial charge in [-0.15, -0.1) is 0 Å². The molecular formula is C10H12ClNO2. The van der Waals surface area contributed by atoms with Crippen molar-refractivity contribution in [1.82, 2.24) is 0 Å². The fraction of sp³-hybridized carbons (Fsp3) is 0.300. The van der Waals surface area contributed by atoms with Crippen LogP contribution in [0.15, 0.2) is 24.3 Å². The topological polar surface area (TPSA) is 63.3 Å². The predicted octanol–water partition coefficient (Wildman–Crippen LogP) is 1.68. The lowest BCUT2D eigenvalue weighted by atomic mass is 9.94. The van der Waals surface area contributed by atoms with E-state index in [4.69, 9.17) is 22.4 Å². The Hall–Kier alpha value is -1.06. The number of halogens is 1. The molecule has 1 rings (SSSR count). The van der Waals surface area contributed by atoms with Gasteiger partial charge in [-0.25, -0.2) is 0 Å². The van der Waals surface area contributed by atoms with Crippen molar-refractivity contribution in [3.63, 3.8) is 0 Å². The van der Waals surface area contributed by atoms with Gasteiger partial charge in [0.25, 0.3) is 0 Å². The summed E-state index contributed by atoms with van der Waals surface area (Å²) in [4.78, 5) is 10.8. The van der Waals surface area contributed by atoms with Crippen LogP contribution in [0.1, 0.15) is 12.5 Å². The number of aliphatic carboxylic acids is 1. The summed E-state index contributed by atoms with van der Waals surface area (Å²) in [5.74, 6) is -1.03. The summed E-state index contributed by atoms with van der Waals surface area (Å²) in [6.07, 6.45) is 0.224. The zero-order chi connectivity index (χ0) is 10.8. The highest BCUT2D eigenvalue weighted by molar-refractivity contribution is 6.31. The highest BCUT2D eigenvalue weighted by Gasteiger charge is 2.28. The molecule has 0 heterocycles. The van der Waals surface area contributed by atoms with Gasteiger partial charge in [-0.1, -0.05) is 29.8 Å².